The van der Waals surface area contributed by atoms with E-state index in [0.29, 0.717) is 18.9 Å². The van der Waals surface area contributed by atoms with E-state index in [1.165, 1.54) is 0 Å². The molecule has 1 amide bonds. The van der Waals surface area contributed by atoms with Gasteiger partial charge in [-0.05, 0) is 26.0 Å². The predicted octanol–water partition coefficient (Wildman–Crippen LogP) is 1.51. The molecule has 0 saturated carbocycles. The topological polar surface area (TPSA) is 71.8 Å². The van der Waals surface area contributed by atoms with Crippen LogP contribution in [0.2, 0.25) is 0 Å². The molecule has 1 heterocycles. The summed E-state index contributed by atoms with van der Waals surface area (Å²) in [5.41, 5.74) is 0. The van der Waals surface area contributed by atoms with Gasteiger partial charge in [0.2, 0.25) is 5.91 Å². The molecule has 0 aromatic carbocycles. The minimum absolute atomic E-state index is 0.0579. The third kappa shape index (κ3) is 6.27. The summed E-state index contributed by atoms with van der Waals surface area (Å²) in [6.07, 6.45) is 3.20. The third-order valence-electron chi connectivity index (χ3n) is 2.76. The molecule has 0 saturated heterocycles. The van der Waals surface area contributed by atoms with E-state index in [-0.39, 0.29) is 31.0 Å². The highest BCUT2D eigenvalue weighted by Crippen LogP contribution is 2.11. The van der Waals surface area contributed by atoms with E-state index < -0.39 is 0 Å². The number of carbonyl (C=O) groups is 2. The van der Waals surface area contributed by atoms with E-state index in [1.807, 2.05) is 6.92 Å². The van der Waals surface area contributed by atoms with Gasteiger partial charge in [-0.15, -0.1) is 6.58 Å². The van der Waals surface area contributed by atoms with Crippen molar-refractivity contribution < 1.29 is 18.7 Å². The van der Waals surface area contributed by atoms with Gasteiger partial charge >= 0.3 is 5.97 Å². The third-order valence-corrected chi connectivity index (χ3v) is 2.76. The molecule has 0 bridgehead atoms. The van der Waals surface area contributed by atoms with Crippen LogP contribution in [0, 0.1) is 0 Å². The Kier molecular flexibility index (Phi) is 7.25. The van der Waals surface area contributed by atoms with Gasteiger partial charge in [-0.25, -0.2) is 0 Å². The van der Waals surface area contributed by atoms with Crippen LogP contribution in [0.25, 0.3) is 0 Å². The molecular weight excluding hydrogens is 272 g/mol. The fourth-order valence-corrected chi connectivity index (χ4v) is 1.86. The number of ether oxygens (including phenoxy) is 1. The number of furan rings is 1. The lowest BCUT2D eigenvalue weighted by molar-refractivity contribution is -0.144. The van der Waals surface area contributed by atoms with E-state index in [4.69, 9.17) is 9.15 Å². The van der Waals surface area contributed by atoms with Crippen molar-refractivity contribution in [2.75, 3.05) is 26.2 Å². The Bertz CT molecular complexity index is 456. The van der Waals surface area contributed by atoms with Gasteiger partial charge in [0.25, 0.3) is 0 Å². The van der Waals surface area contributed by atoms with Crippen molar-refractivity contribution in [2.24, 2.45) is 0 Å². The lowest BCUT2D eigenvalue weighted by atomic mass is 10.2. The molecule has 6 heteroatoms. The van der Waals surface area contributed by atoms with Gasteiger partial charge in [0.05, 0.1) is 32.0 Å². The summed E-state index contributed by atoms with van der Waals surface area (Å²) in [5.74, 6) is 0.139. The lowest BCUT2D eigenvalue weighted by Crippen LogP contribution is -2.41. The average molecular weight is 294 g/mol. The molecule has 0 aliphatic heterocycles. The Morgan fingerprint density at radius 2 is 2.29 bits per heavy atom. The minimum atomic E-state index is -0.355. The first kappa shape index (κ1) is 17.0. The number of carbonyl (C=O) groups excluding carboxylic acids is 2. The number of nitrogens with one attached hydrogen (secondary N) is 1. The zero-order valence-electron chi connectivity index (χ0n) is 12.5. The number of rotatable bonds is 9. The molecule has 0 fully saturated rings. The zero-order valence-corrected chi connectivity index (χ0v) is 12.5. The van der Waals surface area contributed by atoms with Gasteiger partial charge in [-0.3, -0.25) is 14.5 Å². The van der Waals surface area contributed by atoms with Crippen LogP contribution in [-0.4, -0.2) is 43.0 Å². The van der Waals surface area contributed by atoms with Crippen LogP contribution < -0.4 is 5.32 Å². The van der Waals surface area contributed by atoms with Gasteiger partial charge in [0.15, 0.2) is 0 Å². The number of hydrogen-bond acceptors (Lipinski definition) is 5. The van der Waals surface area contributed by atoms with Crippen LogP contribution in [0.1, 0.15) is 25.6 Å². The molecule has 0 spiro atoms. The predicted molar refractivity (Wildman–Crippen MR) is 78.5 cm³/mol. The Morgan fingerprint density at radius 1 is 1.52 bits per heavy atom. The normalized spacial score (nSPS) is 12.0. The molecule has 116 valence electrons. The summed E-state index contributed by atoms with van der Waals surface area (Å²) >= 11 is 0. The van der Waals surface area contributed by atoms with Crippen LogP contribution in [0.5, 0.6) is 0 Å². The van der Waals surface area contributed by atoms with E-state index >= 15 is 0 Å². The number of hydrogen-bond donors (Lipinski definition) is 1. The first-order valence-corrected chi connectivity index (χ1v) is 6.88. The summed E-state index contributed by atoms with van der Waals surface area (Å²) in [6, 6.07) is 3.34. The Labute approximate surface area is 124 Å². The van der Waals surface area contributed by atoms with Crippen LogP contribution in [0.3, 0.4) is 0 Å². The lowest BCUT2D eigenvalue weighted by Gasteiger charge is -2.20. The van der Waals surface area contributed by atoms with Crippen molar-refractivity contribution in [3.05, 3.63) is 36.8 Å². The van der Waals surface area contributed by atoms with Crippen LogP contribution >= 0.6 is 0 Å². The summed E-state index contributed by atoms with van der Waals surface area (Å²) < 4.78 is 10.1. The molecule has 21 heavy (non-hydrogen) atoms. The molecule has 1 unspecified atom stereocenters. The fraction of sp³-hybridized carbons (Fsp3) is 0.467. The second-order valence-electron chi connectivity index (χ2n) is 4.57. The maximum atomic E-state index is 12.0. The fourth-order valence-electron chi connectivity index (χ4n) is 1.86. The molecule has 6 nitrogen and oxygen atoms in total. The van der Waals surface area contributed by atoms with Crippen molar-refractivity contribution in [2.45, 2.75) is 19.9 Å². The van der Waals surface area contributed by atoms with E-state index in [1.54, 1.807) is 36.3 Å². The monoisotopic (exact) mass is 294 g/mol. The average Bonchev–Trinajstić information content (AvgIpc) is 2.92. The molecule has 0 aliphatic rings. The van der Waals surface area contributed by atoms with Gasteiger partial charge in [-0.2, -0.15) is 0 Å². The van der Waals surface area contributed by atoms with E-state index in [9.17, 15) is 9.59 Å². The summed E-state index contributed by atoms with van der Waals surface area (Å²) in [5, 5.41) is 2.82. The van der Waals surface area contributed by atoms with Crippen LogP contribution in [0.15, 0.2) is 35.5 Å². The van der Waals surface area contributed by atoms with Crippen molar-refractivity contribution >= 4 is 11.9 Å². The van der Waals surface area contributed by atoms with Gasteiger partial charge in [0, 0.05) is 6.54 Å². The van der Waals surface area contributed by atoms with E-state index in [2.05, 4.69) is 11.9 Å². The summed E-state index contributed by atoms with van der Waals surface area (Å²) in [4.78, 5) is 25.1. The maximum Gasteiger partial charge on any atom is 0.320 e. The Morgan fingerprint density at radius 3 is 2.86 bits per heavy atom. The first-order chi connectivity index (χ1) is 10.1. The quantitative estimate of drug-likeness (QED) is 0.552. The molecule has 1 atom stereocenters. The highest BCUT2D eigenvalue weighted by Gasteiger charge is 2.17. The van der Waals surface area contributed by atoms with Crippen LogP contribution in [0.4, 0.5) is 0 Å². The second kappa shape index (κ2) is 8.97. The molecule has 1 aromatic rings. The Hall–Kier alpha value is -2.08. The van der Waals surface area contributed by atoms with Gasteiger partial charge in [-0.1, -0.05) is 6.08 Å². The molecule has 1 N–H and O–H groups in total. The van der Waals surface area contributed by atoms with Crippen molar-refractivity contribution in [3.8, 4) is 0 Å². The molecule has 1 aromatic heterocycles. The summed E-state index contributed by atoms with van der Waals surface area (Å²) in [6.45, 7) is 8.10. The van der Waals surface area contributed by atoms with Crippen molar-refractivity contribution in [1.29, 1.82) is 0 Å². The molecule has 1 rings (SSSR count). The standard InChI is InChI=1S/C15H22N2O4/c1-4-8-17(11-15(19)20-5-2)10-14(18)16-12(3)13-7-6-9-21-13/h4,6-7,9,12H,1,5,8,10-11H2,2-3H3,(H,16,18). The SMILES string of the molecule is C=CCN(CC(=O)NC(C)c1ccco1)CC(=O)OCC. The highest BCUT2D eigenvalue weighted by atomic mass is 16.5. The second-order valence-corrected chi connectivity index (χ2v) is 4.57. The molecule has 0 aliphatic carbocycles. The smallest absolute Gasteiger partial charge is 0.320 e. The Balaban J connectivity index is 2.48. The minimum Gasteiger partial charge on any atom is -0.467 e. The van der Waals surface area contributed by atoms with Gasteiger partial charge in [0.1, 0.15) is 5.76 Å². The van der Waals surface area contributed by atoms with Crippen molar-refractivity contribution in [3.63, 3.8) is 0 Å². The highest BCUT2D eigenvalue weighted by molar-refractivity contribution is 5.79. The largest absolute Gasteiger partial charge is 0.467 e. The first-order valence-electron chi connectivity index (χ1n) is 6.88. The van der Waals surface area contributed by atoms with Crippen molar-refractivity contribution in [1.82, 2.24) is 10.2 Å². The zero-order chi connectivity index (χ0) is 15.7. The van der Waals surface area contributed by atoms with E-state index in [0.717, 1.165) is 0 Å². The number of nitrogens with zero attached hydrogens (tertiary/aromatic N) is 1. The maximum absolute atomic E-state index is 12.0. The number of amides is 1. The molecule has 0 radical (unpaired) electrons. The molecular formula is C15H22N2O4. The number of esters is 1. The van der Waals surface area contributed by atoms with Crippen LogP contribution in [-0.2, 0) is 14.3 Å². The van der Waals surface area contributed by atoms with Gasteiger partial charge < -0.3 is 14.5 Å². The summed E-state index contributed by atoms with van der Waals surface area (Å²) in [7, 11) is 0.